The van der Waals surface area contributed by atoms with E-state index in [4.69, 9.17) is 4.99 Å². The Morgan fingerprint density at radius 3 is 2.64 bits per heavy atom. The first-order chi connectivity index (χ1) is 13.2. The number of likely N-dealkylation sites (tertiary alicyclic amines) is 1. The molecule has 2 fully saturated rings. The summed E-state index contributed by atoms with van der Waals surface area (Å²) < 4.78 is 1.17. The summed E-state index contributed by atoms with van der Waals surface area (Å²) in [6.07, 6.45) is 4.98. The molecular formula is C21H35BrIN5. The van der Waals surface area contributed by atoms with E-state index in [9.17, 15) is 0 Å². The van der Waals surface area contributed by atoms with Crippen LogP contribution in [0.15, 0.2) is 33.7 Å². The molecule has 1 aromatic carbocycles. The second kappa shape index (κ2) is 12.2. The van der Waals surface area contributed by atoms with E-state index in [1.807, 2.05) is 0 Å². The average molecular weight is 564 g/mol. The Bertz CT molecular complexity index is 619. The number of para-hydroxylation sites is 1. The zero-order valence-electron chi connectivity index (χ0n) is 17.2. The number of halogens is 2. The lowest BCUT2D eigenvalue weighted by molar-refractivity contribution is 0.214. The van der Waals surface area contributed by atoms with Gasteiger partial charge in [0.05, 0.1) is 5.69 Å². The van der Waals surface area contributed by atoms with Gasteiger partial charge in [-0.2, -0.15) is 0 Å². The Labute approximate surface area is 195 Å². The highest BCUT2D eigenvalue weighted by molar-refractivity contribution is 14.0. The molecule has 0 spiro atoms. The second-order valence-electron chi connectivity index (χ2n) is 7.82. The van der Waals surface area contributed by atoms with E-state index in [2.05, 4.69) is 74.6 Å². The molecule has 28 heavy (non-hydrogen) atoms. The van der Waals surface area contributed by atoms with Crippen LogP contribution in [-0.2, 0) is 0 Å². The first kappa shape index (κ1) is 23.7. The Hall–Kier alpha value is -0.540. The third-order valence-electron chi connectivity index (χ3n) is 5.71. The smallest absolute Gasteiger partial charge is 0.191 e. The van der Waals surface area contributed by atoms with Crippen LogP contribution >= 0.6 is 39.9 Å². The molecule has 1 aromatic rings. The van der Waals surface area contributed by atoms with E-state index in [-0.39, 0.29) is 24.0 Å². The van der Waals surface area contributed by atoms with Gasteiger partial charge in [0, 0.05) is 36.7 Å². The van der Waals surface area contributed by atoms with E-state index in [1.165, 1.54) is 42.5 Å². The second-order valence-corrected chi connectivity index (χ2v) is 8.68. The predicted octanol–water partition coefficient (Wildman–Crippen LogP) is 3.93. The van der Waals surface area contributed by atoms with Crippen LogP contribution in [0.1, 0.15) is 32.6 Å². The highest BCUT2D eigenvalue weighted by Crippen LogP contribution is 2.28. The minimum atomic E-state index is 0. The molecule has 0 aliphatic carbocycles. The molecule has 2 aliphatic heterocycles. The van der Waals surface area contributed by atoms with Crippen LogP contribution in [0.2, 0.25) is 0 Å². The number of nitrogens with zero attached hydrogens (tertiary/aromatic N) is 3. The van der Waals surface area contributed by atoms with Crippen molar-refractivity contribution in [1.82, 2.24) is 15.5 Å². The van der Waals surface area contributed by atoms with E-state index in [0.717, 1.165) is 44.5 Å². The van der Waals surface area contributed by atoms with Crippen molar-refractivity contribution >= 4 is 51.6 Å². The van der Waals surface area contributed by atoms with Gasteiger partial charge in [0.25, 0.3) is 0 Å². The predicted molar refractivity (Wildman–Crippen MR) is 134 cm³/mol. The van der Waals surface area contributed by atoms with Crippen molar-refractivity contribution in [3.8, 4) is 0 Å². The van der Waals surface area contributed by atoms with Crippen LogP contribution in [-0.4, -0.2) is 63.2 Å². The number of hydrogen-bond acceptors (Lipinski definition) is 3. The quantitative estimate of drug-likeness (QED) is 0.313. The summed E-state index contributed by atoms with van der Waals surface area (Å²) >= 11 is 3.68. The van der Waals surface area contributed by atoms with Gasteiger partial charge in [-0.3, -0.25) is 4.99 Å². The fourth-order valence-corrected chi connectivity index (χ4v) is 4.56. The maximum absolute atomic E-state index is 4.86. The number of hydrogen-bond donors (Lipinski definition) is 2. The largest absolute Gasteiger partial charge is 0.368 e. The summed E-state index contributed by atoms with van der Waals surface area (Å²) in [6, 6.07) is 8.92. The summed E-state index contributed by atoms with van der Waals surface area (Å²) in [5.41, 5.74) is 1.28. The van der Waals surface area contributed by atoms with Gasteiger partial charge in [0.1, 0.15) is 0 Å². The molecule has 0 aromatic heterocycles. The average Bonchev–Trinajstić information content (AvgIpc) is 3.12. The van der Waals surface area contributed by atoms with E-state index < -0.39 is 0 Å². The lowest BCUT2D eigenvalue weighted by Crippen LogP contribution is -2.44. The van der Waals surface area contributed by atoms with Crippen molar-refractivity contribution in [2.24, 2.45) is 10.9 Å². The third kappa shape index (κ3) is 7.06. The molecule has 0 saturated carbocycles. The van der Waals surface area contributed by atoms with Crippen molar-refractivity contribution in [2.75, 3.05) is 51.2 Å². The summed E-state index contributed by atoms with van der Waals surface area (Å²) in [6.45, 7) is 8.53. The molecule has 2 N–H and O–H groups in total. The van der Waals surface area contributed by atoms with Gasteiger partial charge in [-0.1, -0.05) is 12.1 Å². The maximum Gasteiger partial charge on any atom is 0.191 e. The van der Waals surface area contributed by atoms with Crippen LogP contribution in [0.5, 0.6) is 0 Å². The van der Waals surface area contributed by atoms with Crippen molar-refractivity contribution in [3.63, 3.8) is 0 Å². The summed E-state index contributed by atoms with van der Waals surface area (Å²) in [7, 11) is 2.22. The standard InChI is InChI=1S/C21H34BrN5.HI/c1-3-23-21(24-12-8-17-9-13-26(2)14-10-17)25-18-11-15-27(16-18)20-7-5-4-6-19(20)22;/h4-7,17-18H,3,8-16H2,1-2H3,(H2,23,24,25);1H. The molecule has 0 amide bonds. The molecule has 2 saturated heterocycles. The van der Waals surface area contributed by atoms with E-state index in [0.29, 0.717) is 6.04 Å². The molecule has 2 heterocycles. The highest BCUT2D eigenvalue weighted by Gasteiger charge is 2.24. The Morgan fingerprint density at radius 2 is 1.93 bits per heavy atom. The number of guanidine groups is 1. The van der Waals surface area contributed by atoms with E-state index in [1.54, 1.807) is 0 Å². The minimum absolute atomic E-state index is 0. The number of rotatable bonds is 6. The third-order valence-corrected chi connectivity index (χ3v) is 6.38. The first-order valence-corrected chi connectivity index (χ1v) is 11.2. The van der Waals surface area contributed by atoms with Crippen LogP contribution < -0.4 is 15.5 Å². The molecule has 3 rings (SSSR count). The Morgan fingerprint density at radius 1 is 1.18 bits per heavy atom. The van der Waals surface area contributed by atoms with Crippen molar-refractivity contribution in [3.05, 3.63) is 28.7 Å². The topological polar surface area (TPSA) is 42.9 Å². The van der Waals surface area contributed by atoms with Gasteiger partial charge in [0.15, 0.2) is 5.96 Å². The number of piperidine rings is 1. The molecule has 5 nitrogen and oxygen atoms in total. The Balaban J connectivity index is 0.00000280. The van der Waals surface area contributed by atoms with Gasteiger partial charge >= 0.3 is 0 Å². The van der Waals surface area contributed by atoms with Crippen molar-refractivity contribution in [2.45, 2.75) is 38.6 Å². The van der Waals surface area contributed by atoms with Gasteiger partial charge in [-0.05, 0) is 86.7 Å². The number of aliphatic imine (C=N–C) groups is 1. The fraction of sp³-hybridized carbons (Fsp3) is 0.667. The van der Waals surface area contributed by atoms with Gasteiger partial charge < -0.3 is 20.4 Å². The fourth-order valence-electron chi connectivity index (χ4n) is 4.03. The van der Waals surface area contributed by atoms with Gasteiger partial charge in [-0.25, -0.2) is 0 Å². The molecule has 1 atom stereocenters. The van der Waals surface area contributed by atoms with Crippen LogP contribution in [0.4, 0.5) is 5.69 Å². The molecule has 1 unspecified atom stereocenters. The van der Waals surface area contributed by atoms with Gasteiger partial charge in [-0.15, -0.1) is 24.0 Å². The van der Waals surface area contributed by atoms with Crippen LogP contribution in [0.25, 0.3) is 0 Å². The number of anilines is 1. The summed E-state index contributed by atoms with van der Waals surface area (Å²) in [4.78, 5) is 9.74. The van der Waals surface area contributed by atoms with Crippen molar-refractivity contribution < 1.29 is 0 Å². The maximum atomic E-state index is 4.86. The van der Waals surface area contributed by atoms with E-state index >= 15 is 0 Å². The lowest BCUT2D eigenvalue weighted by atomic mass is 9.94. The molecule has 0 bridgehead atoms. The Kier molecular flexibility index (Phi) is 10.4. The molecule has 158 valence electrons. The normalized spacial score (nSPS) is 21.5. The molecular weight excluding hydrogens is 529 g/mol. The van der Waals surface area contributed by atoms with Crippen LogP contribution in [0.3, 0.4) is 0 Å². The first-order valence-electron chi connectivity index (χ1n) is 10.4. The number of benzene rings is 1. The van der Waals surface area contributed by atoms with Gasteiger partial charge in [0.2, 0.25) is 0 Å². The lowest BCUT2D eigenvalue weighted by Gasteiger charge is -2.28. The zero-order valence-corrected chi connectivity index (χ0v) is 21.1. The highest BCUT2D eigenvalue weighted by atomic mass is 127. The molecule has 7 heteroatoms. The summed E-state index contributed by atoms with van der Waals surface area (Å²) in [5.74, 6) is 1.81. The van der Waals surface area contributed by atoms with Crippen molar-refractivity contribution in [1.29, 1.82) is 0 Å². The SMILES string of the molecule is CCNC(=NCCC1CCN(C)CC1)NC1CCN(c2ccccc2Br)C1.I. The monoisotopic (exact) mass is 563 g/mol. The minimum Gasteiger partial charge on any atom is -0.368 e. The molecule has 0 radical (unpaired) electrons. The molecule has 2 aliphatic rings. The zero-order chi connectivity index (χ0) is 19.1. The summed E-state index contributed by atoms with van der Waals surface area (Å²) in [5, 5.41) is 7.08. The number of nitrogens with one attached hydrogen (secondary N) is 2. The van der Waals surface area contributed by atoms with Crippen LogP contribution in [0, 0.1) is 5.92 Å².